The molecule has 1 aliphatic heterocycles. The zero-order valence-electron chi connectivity index (χ0n) is 11.5. The summed E-state index contributed by atoms with van der Waals surface area (Å²) in [5.74, 6) is 0.210. The van der Waals surface area contributed by atoms with E-state index in [0.29, 0.717) is 17.5 Å². The molecule has 1 saturated heterocycles. The van der Waals surface area contributed by atoms with Gasteiger partial charge in [-0.1, -0.05) is 6.07 Å². The summed E-state index contributed by atoms with van der Waals surface area (Å²) in [6.45, 7) is 6.80. The van der Waals surface area contributed by atoms with Crippen molar-refractivity contribution in [3.63, 3.8) is 0 Å². The van der Waals surface area contributed by atoms with Gasteiger partial charge in [-0.25, -0.2) is 4.79 Å². The molecule has 1 aliphatic rings. The molecular weight excluding hydrogens is 240 g/mol. The smallest absolute Gasteiger partial charge is 0.408 e. The van der Waals surface area contributed by atoms with E-state index in [1.54, 1.807) is 0 Å². The molecule has 0 bridgehead atoms. The average molecular weight is 260 g/mol. The van der Waals surface area contributed by atoms with E-state index >= 15 is 0 Å². The number of nitrogens with one attached hydrogen (secondary N) is 1. The van der Waals surface area contributed by atoms with Gasteiger partial charge in [0, 0.05) is 6.04 Å². The first kappa shape index (κ1) is 12.5. The van der Waals surface area contributed by atoms with Crippen molar-refractivity contribution in [2.75, 3.05) is 13.1 Å². The van der Waals surface area contributed by atoms with Crippen LogP contribution in [0.5, 0.6) is 0 Å². The van der Waals surface area contributed by atoms with Crippen molar-refractivity contribution in [2.45, 2.75) is 38.6 Å². The van der Waals surface area contributed by atoms with Gasteiger partial charge in [0.15, 0.2) is 5.58 Å². The second-order valence-electron chi connectivity index (χ2n) is 5.67. The zero-order valence-corrected chi connectivity index (χ0v) is 11.5. The lowest BCUT2D eigenvalue weighted by atomic mass is 9.89. The van der Waals surface area contributed by atoms with E-state index in [4.69, 9.17) is 4.42 Å². The number of aromatic amines is 1. The number of H-pyrrole nitrogens is 1. The van der Waals surface area contributed by atoms with Crippen LogP contribution in [0.1, 0.15) is 38.2 Å². The Balaban J connectivity index is 1.79. The van der Waals surface area contributed by atoms with Gasteiger partial charge in [0.25, 0.3) is 0 Å². The van der Waals surface area contributed by atoms with Crippen molar-refractivity contribution in [2.24, 2.45) is 0 Å². The van der Waals surface area contributed by atoms with Gasteiger partial charge in [0.2, 0.25) is 0 Å². The molecule has 0 atom stereocenters. The minimum absolute atomic E-state index is 0.373. The van der Waals surface area contributed by atoms with Gasteiger partial charge in [-0.05, 0) is 63.4 Å². The Kier molecular flexibility index (Phi) is 3.19. The minimum Gasteiger partial charge on any atom is -0.408 e. The normalized spacial score (nSPS) is 18.5. The van der Waals surface area contributed by atoms with Gasteiger partial charge in [0.1, 0.15) is 0 Å². The van der Waals surface area contributed by atoms with Crippen molar-refractivity contribution in [1.82, 2.24) is 9.88 Å². The molecule has 3 rings (SSSR count). The second-order valence-corrected chi connectivity index (χ2v) is 5.67. The standard InChI is InChI=1S/C15H20N2O2/c1-10(2)17-7-5-11(6-8-17)12-3-4-13-14(9-12)19-15(18)16-13/h3-4,9-11H,5-8H2,1-2H3,(H,16,18). The van der Waals surface area contributed by atoms with Crippen molar-refractivity contribution >= 4 is 11.1 Å². The number of benzene rings is 1. The minimum atomic E-state index is -0.373. The molecule has 4 heteroatoms. The Hall–Kier alpha value is -1.55. The molecule has 19 heavy (non-hydrogen) atoms. The summed E-state index contributed by atoms with van der Waals surface area (Å²) in [5, 5.41) is 0. The summed E-state index contributed by atoms with van der Waals surface area (Å²) in [5.41, 5.74) is 2.75. The number of likely N-dealkylation sites (tertiary alicyclic amines) is 1. The van der Waals surface area contributed by atoms with Gasteiger partial charge in [0.05, 0.1) is 5.52 Å². The van der Waals surface area contributed by atoms with Crippen LogP contribution in [0.25, 0.3) is 11.1 Å². The molecular formula is C15H20N2O2. The number of hydrogen-bond donors (Lipinski definition) is 1. The molecule has 1 N–H and O–H groups in total. The molecule has 2 heterocycles. The van der Waals surface area contributed by atoms with Crippen LogP contribution >= 0.6 is 0 Å². The third kappa shape index (κ3) is 2.45. The van der Waals surface area contributed by atoms with E-state index in [1.807, 2.05) is 12.1 Å². The summed E-state index contributed by atoms with van der Waals surface area (Å²) >= 11 is 0. The lowest BCUT2D eigenvalue weighted by molar-refractivity contribution is 0.172. The Morgan fingerprint density at radius 1 is 1.32 bits per heavy atom. The third-order valence-electron chi connectivity index (χ3n) is 4.18. The van der Waals surface area contributed by atoms with Crippen LogP contribution in [0.2, 0.25) is 0 Å². The molecule has 0 aliphatic carbocycles. The molecule has 0 saturated carbocycles. The number of fused-ring (bicyclic) bond motifs is 1. The molecule has 1 aromatic carbocycles. The first-order valence-electron chi connectivity index (χ1n) is 7.00. The molecule has 0 radical (unpaired) electrons. The molecule has 0 amide bonds. The van der Waals surface area contributed by atoms with Crippen LogP contribution < -0.4 is 5.76 Å². The highest BCUT2D eigenvalue weighted by atomic mass is 16.4. The molecule has 2 aromatic rings. The van der Waals surface area contributed by atoms with Crippen LogP contribution in [0.3, 0.4) is 0 Å². The predicted octanol–water partition coefficient (Wildman–Crippen LogP) is 2.71. The summed E-state index contributed by atoms with van der Waals surface area (Å²) in [6, 6.07) is 6.71. The van der Waals surface area contributed by atoms with E-state index in [9.17, 15) is 4.79 Å². The Labute approximate surface area is 112 Å². The van der Waals surface area contributed by atoms with Gasteiger partial charge in [-0.2, -0.15) is 0 Å². The highest BCUT2D eigenvalue weighted by Gasteiger charge is 2.22. The summed E-state index contributed by atoms with van der Waals surface area (Å²) in [4.78, 5) is 16.4. The molecule has 0 unspecified atom stereocenters. The molecule has 1 aromatic heterocycles. The van der Waals surface area contributed by atoms with Crippen molar-refractivity contribution in [1.29, 1.82) is 0 Å². The van der Waals surface area contributed by atoms with E-state index in [1.165, 1.54) is 18.4 Å². The van der Waals surface area contributed by atoms with Crippen molar-refractivity contribution in [3.8, 4) is 0 Å². The number of rotatable bonds is 2. The fourth-order valence-corrected chi connectivity index (χ4v) is 2.97. The van der Waals surface area contributed by atoms with Gasteiger partial charge in [-0.15, -0.1) is 0 Å². The fraction of sp³-hybridized carbons (Fsp3) is 0.533. The molecule has 102 valence electrons. The van der Waals surface area contributed by atoms with Crippen LogP contribution in [0.15, 0.2) is 27.4 Å². The molecule has 0 spiro atoms. The summed E-state index contributed by atoms with van der Waals surface area (Å²) in [6.07, 6.45) is 2.36. The van der Waals surface area contributed by atoms with Gasteiger partial charge < -0.3 is 9.32 Å². The van der Waals surface area contributed by atoms with Crippen LogP contribution in [-0.4, -0.2) is 29.0 Å². The van der Waals surface area contributed by atoms with Gasteiger partial charge >= 0.3 is 5.76 Å². The lowest BCUT2D eigenvalue weighted by Gasteiger charge is -2.34. The van der Waals surface area contributed by atoms with Gasteiger partial charge in [-0.3, -0.25) is 4.98 Å². The van der Waals surface area contributed by atoms with Crippen LogP contribution in [-0.2, 0) is 0 Å². The quantitative estimate of drug-likeness (QED) is 0.903. The maximum atomic E-state index is 11.2. The largest absolute Gasteiger partial charge is 0.417 e. The Bertz CT molecular complexity index is 618. The third-order valence-corrected chi connectivity index (χ3v) is 4.18. The van der Waals surface area contributed by atoms with E-state index in [-0.39, 0.29) is 5.76 Å². The Morgan fingerprint density at radius 3 is 2.74 bits per heavy atom. The predicted molar refractivity (Wildman–Crippen MR) is 75.5 cm³/mol. The van der Waals surface area contributed by atoms with Crippen molar-refractivity contribution in [3.05, 3.63) is 34.3 Å². The number of oxazole rings is 1. The lowest BCUT2D eigenvalue weighted by Crippen LogP contribution is -2.37. The second kappa shape index (κ2) is 4.85. The SMILES string of the molecule is CC(C)N1CCC(c2ccc3[nH]c(=O)oc3c2)CC1. The van der Waals surface area contributed by atoms with E-state index < -0.39 is 0 Å². The molecule has 4 nitrogen and oxygen atoms in total. The maximum Gasteiger partial charge on any atom is 0.417 e. The van der Waals surface area contributed by atoms with E-state index in [2.05, 4.69) is 29.8 Å². The van der Waals surface area contributed by atoms with E-state index in [0.717, 1.165) is 18.6 Å². The highest BCUT2D eigenvalue weighted by molar-refractivity contribution is 5.72. The first-order valence-corrected chi connectivity index (χ1v) is 7.00. The number of aromatic nitrogens is 1. The average Bonchev–Trinajstić information content (AvgIpc) is 2.77. The Morgan fingerprint density at radius 2 is 2.05 bits per heavy atom. The number of nitrogens with zero attached hydrogens (tertiary/aromatic N) is 1. The van der Waals surface area contributed by atoms with Crippen molar-refractivity contribution < 1.29 is 4.42 Å². The zero-order chi connectivity index (χ0) is 13.4. The molecule has 1 fully saturated rings. The maximum absolute atomic E-state index is 11.2. The fourth-order valence-electron chi connectivity index (χ4n) is 2.97. The topological polar surface area (TPSA) is 49.2 Å². The van der Waals surface area contributed by atoms with Crippen LogP contribution in [0, 0.1) is 0 Å². The summed E-state index contributed by atoms with van der Waals surface area (Å²) < 4.78 is 5.14. The number of hydrogen-bond acceptors (Lipinski definition) is 3. The summed E-state index contributed by atoms with van der Waals surface area (Å²) in [7, 11) is 0. The highest BCUT2D eigenvalue weighted by Crippen LogP contribution is 2.30. The first-order chi connectivity index (χ1) is 9.13. The monoisotopic (exact) mass is 260 g/mol. The number of piperidine rings is 1. The van der Waals surface area contributed by atoms with Crippen LogP contribution in [0.4, 0.5) is 0 Å².